The van der Waals surface area contributed by atoms with E-state index in [1.807, 2.05) is 24.4 Å². The van der Waals surface area contributed by atoms with Crippen molar-refractivity contribution < 1.29 is 1.43 Å². The Kier molecular flexibility index (Phi) is 4.60. The Hall–Kier alpha value is -1.05. The van der Waals surface area contributed by atoms with Crippen molar-refractivity contribution in [3.63, 3.8) is 0 Å². The summed E-state index contributed by atoms with van der Waals surface area (Å²) in [6.07, 6.45) is 5.60. The number of nitrogens with one attached hydrogen (secondary N) is 1. The third-order valence-electron chi connectivity index (χ3n) is 2.32. The van der Waals surface area contributed by atoms with E-state index in [9.17, 15) is 0 Å². The fourth-order valence-electron chi connectivity index (χ4n) is 1.46. The van der Waals surface area contributed by atoms with Gasteiger partial charge in [-0.05, 0) is 30.4 Å². The van der Waals surface area contributed by atoms with Gasteiger partial charge in [0.1, 0.15) is 5.82 Å². The van der Waals surface area contributed by atoms with E-state index in [4.69, 9.17) is 0 Å². The Morgan fingerprint density at radius 1 is 1.27 bits per heavy atom. The molecule has 0 unspecified atom stereocenters. The molecule has 2 heteroatoms. The summed E-state index contributed by atoms with van der Waals surface area (Å²) < 4.78 is 0. The van der Waals surface area contributed by atoms with E-state index in [0.717, 1.165) is 12.4 Å². The van der Waals surface area contributed by atoms with E-state index in [0.29, 0.717) is 5.41 Å². The minimum Gasteiger partial charge on any atom is -0.370 e. The second-order valence-electron chi connectivity index (χ2n) is 5.16. The first-order valence-corrected chi connectivity index (χ1v) is 5.73. The smallest absolute Gasteiger partial charge is 0.125 e. The molecule has 0 bridgehead atoms. The molecule has 0 amide bonds. The summed E-state index contributed by atoms with van der Waals surface area (Å²) in [5, 5.41) is 3.32. The monoisotopic (exact) mass is 208 g/mol. The molecule has 0 saturated carbocycles. The van der Waals surface area contributed by atoms with Gasteiger partial charge < -0.3 is 5.32 Å². The van der Waals surface area contributed by atoms with Gasteiger partial charge in [0.05, 0.1) is 0 Å². The summed E-state index contributed by atoms with van der Waals surface area (Å²) in [5.74, 6) is 0.980. The molecule has 0 saturated heterocycles. The molecule has 1 N–H and O–H groups in total. The number of hydrogen-bond donors (Lipinski definition) is 1. The first-order chi connectivity index (χ1) is 7.08. The summed E-state index contributed by atoms with van der Waals surface area (Å²) in [6.45, 7) is 7.89. The van der Waals surface area contributed by atoms with E-state index < -0.39 is 0 Å². The van der Waals surface area contributed by atoms with Gasteiger partial charge in [-0.15, -0.1) is 0 Å². The molecule has 1 aromatic heterocycles. The molecule has 2 nitrogen and oxygen atoms in total. The van der Waals surface area contributed by atoms with Crippen LogP contribution in [-0.2, 0) is 0 Å². The average molecular weight is 208 g/mol. The molecule has 0 atom stereocenters. The molecule has 1 rings (SSSR count). The third-order valence-corrected chi connectivity index (χ3v) is 2.32. The molecule has 0 aliphatic carbocycles. The molecule has 0 aliphatic rings. The minimum atomic E-state index is 0. The number of pyridine rings is 1. The molecule has 0 radical (unpaired) electrons. The van der Waals surface area contributed by atoms with Crippen LogP contribution >= 0.6 is 0 Å². The second kappa shape index (κ2) is 5.74. The van der Waals surface area contributed by atoms with E-state index in [-0.39, 0.29) is 1.43 Å². The van der Waals surface area contributed by atoms with Gasteiger partial charge in [0.15, 0.2) is 0 Å². The zero-order valence-electron chi connectivity index (χ0n) is 10.1. The summed E-state index contributed by atoms with van der Waals surface area (Å²) in [5.41, 5.74) is 0.463. The highest BCUT2D eigenvalue weighted by molar-refractivity contribution is 5.32. The lowest BCUT2D eigenvalue weighted by molar-refractivity contribution is 0.362. The molecular weight excluding hydrogens is 184 g/mol. The van der Waals surface area contributed by atoms with Crippen LogP contribution in [0, 0.1) is 5.41 Å². The Morgan fingerprint density at radius 3 is 2.67 bits per heavy atom. The summed E-state index contributed by atoms with van der Waals surface area (Å²) in [4.78, 5) is 4.21. The van der Waals surface area contributed by atoms with Gasteiger partial charge in [-0.25, -0.2) is 4.98 Å². The number of rotatable bonds is 5. The lowest BCUT2D eigenvalue weighted by Gasteiger charge is -2.17. The topological polar surface area (TPSA) is 24.9 Å². The molecule has 86 valence electrons. The van der Waals surface area contributed by atoms with Crippen LogP contribution in [0.15, 0.2) is 24.4 Å². The van der Waals surface area contributed by atoms with E-state index in [1.54, 1.807) is 0 Å². The lowest BCUT2D eigenvalue weighted by Crippen LogP contribution is -2.07. The number of hydrogen-bond acceptors (Lipinski definition) is 2. The van der Waals surface area contributed by atoms with Gasteiger partial charge >= 0.3 is 0 Å². The number of nitrogens with zero attached hydrogens (tertiary/aromatic N) is 1. The van der Waals surface area contributed by atoms with Crippen molar-refractivity contribution in [2.45, 2.75) is 40.0 Å². The van der Waals surface area contributed by atoms with Crippen molar-refractivity contribution in [1.29, 1.82) is 0 Å². The third kappa shape index (κ3) is 6.10. The predicted octanol–water partition coefficient (Wildman–Crippen LogP) is 3.96. The first-order valence-electron chi connectivity index (χ1n) is 5.73. The van der Waals surface area contributed by atoms with Crippen LogP contribution in [0.5, 0.6) is 0 Å². The van der Waals surface area contributed by atoms with Gasteiger partial charge in [-0.3, -0.25) is 0 Å². The number of aromatic nitrogens is 1. The SMILES string of the molecule is CC(C)(C)CCCCNc1ccccn1.[HH]. The zero-order chi connectivity index (χ0) is 11.1. The molecule has 0 fully saturated rings. The van der Waals surface area contributed by atoms with Crippen molar-refractivity contribution in [2.24, 2.45) is 5.41 Å². The van der Waals surface area contributed by atoms with Crippen LogP contribution in [0.25, 0.3) is 0 Å². The number of unbranched alkanes of at least 4 members (excludes halogenated alkanes) is 1. The molecule has 0 aromatic carbocycles. The first kappa shape index (κ1) is 12.0. The fourth-order valence-corrected chi connectivity index (χ4v) is 1.46. The van der Waals surface area contributed by atoms with Gasteiger partial charge in [-0.2, -0.15) is 0 Å². The highest BCUT2D eigenvalue weighted by atomic mass is 15.0. The predicted molar refractivity (Wildman–Crippen MR) is 68.1 cm³/mol. The molecule has 1 heterocycles. The zero-order valence-corrected chi connectivity index (χ0v) is 10.1. The quantitative estimate of drug-likeness (QED) is 0.741. The van der Waals surface area contributed by atoms with Crippen molar-refractivity contribution >= 4 is 5.82 Å². The summed E-state index contributed by atoms with van der Waals surface area (Å²) in [7, 11) is 0. The minimum absolute atomic E-state index is 0. The molecule has 15 heavy (non-hydrogen) atoms. The van der Waals surface area contributed by atoms with Gasteiger partial charge in [-0.1, -0.05) is 33.3 Å². The van der Waals surface area contributed by atoms with E-state index >= 15 is 0 Å². The standard InChI is InChI=1S/C13H22N2.H2/c1-13(2,3)9-5-7-11-15-12-8-4-6-10-14-12;/h4,6,8,10H,5,7,9,11H2,1-3H3,(H,14,15);1H. The van der Waals surface area contributed by atoms with Crippen molar-refractivity contribution in [3.05, 3.63) is 24.4 Å². The Balaban J connectivity index is 0.00000225. The largest absolute Gasteiger partial charge is 0.370 e. The van der Waals surface area contributed by atoms with Crippen LogP contribution in [-0.4, -0.2) is 11.5 Å². The number of anilines is 1. The van der Waals surface area contributed by atoms with E-state index in [2.05, 4.69) is 31.1 Å². The Bertz CT molecular complexity index is 267. The summed E-state index contributed by atoms with van der Waals surface area (Å²) >= 11 is 0. The molecule has 0 spiro atoms. The van der Waals surface area contributed by atoms with Gasteiger partial charge in [0.2, 0.25) is 0 Å². The Morgan fingerprint density at radius 2 is 2.07 bits per heavy atom. The van der Waals surface area contributed by atoms with E-state index in [1.165, 1.54) is 19.3 Å². The molecular formula is C13H24N2. The van der Waals surface area contributed by atoms with Crippen LogP contribution in [0.4, 0.5) is 5.82 Å². The summed E-state index contributed by atoms with van der Waals surface area (Å²) in [6, 6.07) is 5.94. The van der Waals surface area contributed by atoms with Gasteiger partial charge in [0.25, 0.3) is 0 Å². The maximum Gasteiger partial charge on any atom is 0.125 e. The highest BCUT2D eigenvalue weighted by Gasteiger charge is 2.08. The fraction of sp³-hybridized carbons (Fsp3) is 0.615. The lowest BCUT2D eigenvalue weighted by atomic mass is 9.90. The maximum absolute atomic E-state index is 4.21. The van der Waals surface area contributed by atoms with Crippen molar-refractivity contribution in [1.82, 2.24) is 4.98 Å². The van der Waals surface area contributed by atoms with Crippen LogP contribution in [0.3, 0.4) is 0 Å². The van der Waals surface area contributed by atoms with Crippen LogP contribution in [0.1, 0.15) is 41.5 Å². The highest BCUT2D eigenvalue weighted by Crippen LogP contribution is 2.21. The van der Waals surface area contributed by atoms with Crippen molar-refractivity contribution in [2.75, 3.05) is 11.9 Å². The molecule has 0 aliphatic heterocycles. The average Bonchev–Trinajstić information content (AvgIpc) is 2.17. The van der Waals surface area contributed by atoms with Gasteiger partial charge in [0, 0.05) is 14.2 Å². The van der Waals surface area contributed by atoms with Crippen LogP contribution in [0.2, 0.25) is 0 Å². The van der Waals surface area contributed by atoms with Crippen LogP contribution < -0.4 is 5.32 Å². The molecule has 1 aromatic rings. The van der Waals surface area contributed by atoms with Crippen molar-refractivity contribution in [3.8, 4) is 0 Å². The maximum atomic E-state index is 4.21. The second-order valence-corrected chi connectivity index (χ2v) is 5.16. The Labute approximate surface area is 94.6 Å². The normalized spacial score (nSPS) is 11.4.